The predicted molar refractivity (Wildman–Crippen MR) is 50.0 cm³/mol. The van der Waals surface area contributed by atoms with Crippen molar-refractivity contribution in [2.45, 2.75) is 44.0 Å². The van der Waals surface area contributed by atoms with Crippen LogP contribution in [-0.4, -0.2) is 41.1 Å². The third kappa shape index (κ3) is 2.57. The Morgan fingerprint density at radius 2 is 1.69 bits per heavy atom. The highest BCUT2D eigenvalue weighted by Gasteiger charge is 2.41. The fraction of sp³-hybridized carbons (Fsp3) is 0.700. The SMILES string of the molecule is O=C(O)OC1CC(=O)C(OC2CC2)C(=O)C1. The van der Waals surface area contributed by atoms with Gasteiger partial charge in [0.15, 0.2) is 17.7 Å². The highest BCUT2D eigenvalue weighted by atomic mass is 16.7. The van der Waals surface area contributed by atoms with E-state index in [4.69, 9.17) is 9.84 Å². The summed E-state index contributed by atoms with van der Waals surface area (Å²) in [5.41, 5.74) is 0. The first-order chi connectivity index (χ1) is 7.56. The Balaban J connectivity index is 1.92. The number of hydrogen-bond acceptors (Lipinski definition) is 5. The van der Waals surface area contributed by atoms with Crippen LogP contribution in [0.2, 0.25) is 0 Å². The molecule has 0 amide bonds. The minimum Gasteiger partial charge on any atom is -0.450 e. The van der Waals surface area contributed by atoms with Crippen LogP contribution in [0.1, 0.15) is 25.7 Å². The number of ether oxygens (including phenoxy) is 2. The molecule has 2 aliphatic rings. The number of ketones is 2. The molecule has 88 valence electrons. The molecule has 6 nitrogen and oxygen atoms in total. The summed E-state index contributed by atoms with van der Waals surface area (Å²) in [4.78, 5) is 33.4. The van der Waals surface area contributed by atoms with Gasteiger partial charge in [-0.3, -0.25) is 9.59 Å². The molecule has 0 aliphatic heterocycles. The van der Waals surface area contributed by atoms with Crippen LogP contribution in [0.4, 0.5) is 4.79 Å². The summed E-state index contributed by atoms with van der Waals surface area (Å²) < 4.78 is 9.70. The zero-order chi connectivity index (χ0) is 11.7. The van der Waals surface area contributed by atoms with Crippen molar-refractivity contribution in [1.82, 2.24) is 0 Å². The monoisotopic (exact) mass is 228 g/mol. The summed E-state index contributed by atoms with van der Waals surface area (Å²) in [5, 5.41) is 8.38. The first kappa shape index (κ1) is 11.1. The standard InChI is InChI=1S/C10H12O6/c11-7-3-6(16-10(13)14)4-8(12)9(7)15-5-1-2-5/h5-6,9H,1-4H2,(H,13,14). The van der Waals surface area contributed by atoms with E-state index < -0.39 is 18.4 Å². The van der Waals surface area contributed by atoms with Crippen molar-refractivity contribution >= 4 is 17.7 Å². The molecule has 0 bridgehead atoms. The molecule has 0 aromatic carbocycles. The van der Waals surface area contributed by atoms with Gasteiger partial charge >= 0.3 is 6.16 Å². The second kappa shape index (κ2) is 4.21. The number of hydrogen-bond donors (Lipinski definition) is 1. The zero-order valence-corrected chi connectivity index (χ0v) is 8.55. The van der Waals surface area contributed by atoms with Crippen LogP contribution < -0.4 is 0 Å². The summed E-state index contributed by atoms with van der Waals surface area (Å²) in [6, 6.07) is 0. The van der Waals surface area contributed by atoms with Gasteiger partial charge in [-0.2, -0.15) is 0 Å². The Morgan fingerprint density at radius 3 is 2.12 bits per heavy atom. The van der Waals surface area contributed by atoms with E-state index in [9.17, 15) is 14.4 Å². The maximum Gasteiger partial charge on any atom is 0.506 e. The minimum absolute atomic E-state index is 0.0230. The van der Waals surface area contributed by atoms with E-state index in [2.05, 4.69) is 4.74 Å². The topological polar surface area (TPSA) is 89.9 Å². The van der Waals surface area contributed by atoms with Gasteiger partial charge in [0, 0.05) is 12.8 Å². The Morgan fingerprint density at radius 1 is 1.12 bits per heavy atom. The van der Waals surface area contributed by atoms with Crippen molar-refractivity contribution in [1.29, 1.82) is 0 Å². The second-order valence-electron chi connectivity index (χ2n) is 4.06. The van der Waals surface area contributed by atoms with E-state index in [0.29, 0.717) is 0 Å². The van der Waals surface area contributed by atoms with Gasteiger partial charge in [0.1, 0.15) is 6.10 Å². The van der Waals surface area contributed by atoms with Crippen LogP contribution in [0, 0.1) is 0 Å². The molecule has 6 heteroatoms. The van der Waals surface area contributed by atoms with Crippen molar-refractivity contribution in [3.05, 3.63) is 0 Å². The molecule has 2 aliphatic carbocycles. The van der Waals surface area contributed by atoms with Crippen molar-refractivity contribution in [3.8, 4) is 0 Å². The first-order valence-corrected chi connectivity index (χ1v) is 5.16. The lowest BCUT2D eigenvalue weighted by Crippen LogP contribution is -2.43. The summed E-state index contributed by atoms with van der Waals surface area (Å²) >= 11 is 0. The molecule has 0 aromatic rings. The van der Waals surface area contributed by atoms with Crippen molar-refractivity contribution < 1.29 is 29.0 Å². The van der Waals surface area contributed by atoms with Gasteiger partial charge in [0.05, 0.1) is 6.10 Å². The van der Waals surface area contributed by atoms with Crippen LogP contribution >= 0.6 is 0 Å². The van der Waals surface area contributed by atoms with E-state index in [1.807, 2.05) is 0 Å². The zero-order valence-electron chi connectivity index (χ0n) is 8.55. The molecule has 2 saturated carbocycles. The number of carbonyl (C=O) groups excluding carboxylic acids is 2. The van der Waals surface area contributed by atoms with E-state index in [1.54, 1.807) is 0 Å². The molecule has 16 heavy (non-hydrogen) atoms. The molecule has 0 heterocycles. The molecule has 0 spiro atoms. The Labute approximate surface area is 91.5 Å². The van der Waals surface area contributed by atoms with Gasteiger partial charge in [-0.15, -0.1) is 0 Å². The summed E-state index contributed by atoms with van der Waals surface area (Å²) in [6.45, 7) is 0. The van der Waals surface area contributed by atoms with Gasteiger partial charge in [0.2, 0.25) is 0 Å². The fourth-order valence-electron chi connectivity index (χ4n) is 1.69. The largest absolute Gasteiger partial charge is 0.506 e. The first-order valence-electron chi connectivity index (χ1n) is 5.16. The Bertz CT molecular complexity index is 314. The van der Waals surface area contributed by atoms with Crippen LogP contribution in [0.15, 0.2) is 0 Å². The third-order valence-electron chi connectivity index (χ3n) is 2.56. The molecule has 0 unspecified atom stereocenters. The summed E-state index contributed by atoms with van der Waals surface area (Å²) in [7, 11) is 0. The van der Waals surface area contributed by atoms with E-state index in [-0.39, 0.29) is 30.5 Å². The van der Waals surface area contributed by atoms with Crippen molar-refractivity contribution in [2.24, 2.45) is 0 Å². The maximum atomic E-state index is 11.5. The van der Waals surface area contributed by atoms with Gasteiger partial charge < -0.3 is 14.6 Å². The van der Waals surface area contributed by atoms with Crippen LogP contribution in [0.25, 0.3) is 0 Å². The van der Waals surface area contributed by atoms with E-state index in [0.717, 1.165) is 12.8 Å². The number of carboxylic acid groups (broad SMARTS) is 1. The van der Waals surface area contributed by atoms with E-state index >= 15 is 0 Å². The Hall–Kier alpha value is -1.43. The molecule has 0 saturated heterocycles. The highest BCUT2D eigenvalue weighted by molar-refractivity contribution is 6.08. The van der Waals surface area contributed by atoms with Crippen LogP contribution in [-0.2, 0) is 19.1 Å². The average Bonchev–Trinajstić information content (AvgIpc) is 2.93. The third-order valence-corrected chi connectivity index (χ3v) is 2.56. The lowest BCUT2D eigenvalue weighted by Gasteiger charge is -2.25. The average molecular weight is 228 g/mol. The summed E-state index contributed by atoms with van der Waals surface area (Å²) in [6.07, 6.45) is -1.68. The fourth-order valence-corrected chi connectivity index (χ4v) is 1.69. The van der Waals surface area contributed by atoms with Gasteiger partial charge in [-0.05, 0) is 12.8 Å². The highest BCUT2D eigenvalue weighted by Crippen LogP contribution is 2.28. The maximum absolute atomic E-state index is 11.5. The lowest BCUT2D eigenvalue weighted by molar-refractivity contribution is -0.150. The Kier molecular flexibility index (Phi) is 2.91. The molecule has 0 atom stereocenters. The number of Topliss-reactive ketones (excluding diaryl/α,β-unsaturated/α-hetero) is 2. The second-order valence-corrected chi connectivity index (χ2v) is 4.06. The lowest BCUT2D eigenvalue weighted by atomic mass is 9.92. The number of carbonyl (C=O) groups is 3. The van der Waals surface area contributed by atoms with Gasteiger partial charge in [-0.1, -0.05) is 0 Å². The smallest absolute Gasteiger partial charge is 0.450 e. The molecule has 0 aromatic heterocycles. The van der Waals surface area contributed by atoms with Crippen LogP contribution in [0.3, 0.4) is 0 Å². The van der Waals surface area contributed by atoms with Gasteiger partial charge in [-0.25, -0.2) is 4.79 Å². The van der Waals surface area contributed by atoms with Crippen molar-refractivity contribution in [2.75, 3.05) is 0 Å². The van der Waals surface area contributed by atoms with Crippen molar-refractivity contribution in [3.63, 3.8) is 0 Å². The molecular weight excluding hydrogens is 216 g/mol. The minimum atomic E-state index is -1.47. The van der Waals surface area contributed by atoms with Crippen LogP contribution in [0.5, 0.6) is 0 Å². The number of rotatable bonds is 3. The molecular formula is C10H12O6. The quantitative estimate of drug-likeness (QED) is 0.559. The van der Waals surface area contributed by atoms with E-state index in [1.165, 1.54) is 0 Å². The normalized spacial score (nSPS) is 30.2. The molecule has 0 radical (unpaired) electrons. The molecule has 1 N–H and O–H groups in total. The molecule has 2 rings (SSSR count). The predicted octanol–water partition coefficient (Wildman–Crippen LogP) is 0.529. The molecule has 2 fully saturated rings. The summed E-state index contributed by atoms with van der Waals surface area (Å²) in [5.74, 6) is -0.760. The van der Waals surface area contributed by atoms with Gasteiger partial charge in [0.25, 0.3) is 0 Å².